The highest BCUT2D eigenvalue weighted by molar-refractivity contribution is 7.07. The number of aromatic hydroxyl groups is 1. The van der Waals surface area contributed by atoms with Crippen molar-refractivity contribution >= 4 is 17.4 Å². The minimum Gasteiger partial charge on any atom is -0.508 e. The summed E-state index contributed by atoms with van der Waals surface area (Å²) < 4.78 is 0. The van der Waals surface area contributed by atoms with Crippen molar-refractivity contribution in [1.82, 2.24) is 20.1 Å². The van der Waals surface area contributed by atoms with Crippen molar-refractivity contribution in [2.45, 2.75) is 32.0 Å². The lowest BCUT2D eigenvalue weighted by Gasteiger charge is -2.34. The Bertz CT molecular complexity index is 692. The molecule has 2 N–H and O–H groups in total. The molecule has 1 aromatic heterocycles. The molecular formula is C18H24N4O2S. The predicted octanol–water partition coefficient (Wildman–Crippen LogP) is 2.65. The number of phenols is 1. The van der Waals surface area contributed by atoms with Crippen LogP contribution in [0.25, 0.3) is 0 Å². The fraction of sp³-hybridized carbons (Fsp3) is 0.444. The first kappa shape index (κ1) is 17.7. The van der Waals surface area contributed by atoms with E-state index in [1.807, 2.05) is 17.5 Å². The molecule has 134 valence electrons. The molecular weight excluding hydrogens is 336 g/mol. The highest BCUT2D eigenvalue weighted by atomic mass is 32.1. The van der Waals surface area contributed by atoms with Crippen LogP contribution in [0, 0.1) is 0 Å². The summed E-state index contributed by atoms with van der Waals surface area (Å²) in [6.07, 6.45) is 2.05. The maximum atomic E-state index is 12.4. The van der Waals surface area contributed by atoms with Gasteiger partial charge in [-0.05, 0) is 37.1 Å². The lowest BCUT2D eigenvalue weighted by atomic mass is 10.0. The van der Waals surface area contributed by atoms with Gasteiger partial charge in [-0.1, -0.05) is 12.1 Å². The van der Waals surface area contributed by atoms with E-state index in [1.54, 1.807) is 29.6 Å². The van der Waals surface area contributed by atoms with Crippen LogP contribution in [-0.2, 0) is 13.1 Å². The standard InChI is InChI=1S/C18H24N4O2S/c1-21(10-16-12-25-13-19-16)18(24)20-15-5-3-7-22(11-15)9-14-4-2-6-17(23)8-14/h2,4,6,8,12-13,15,23H,3,5,7,9-11H2,1H3,(H,20,24). The van der Waals surface area contributed by atoms with E-state index in [0.717, 1.165) is 43.7 Å². The van der Waals surface area contributed by atoms with Gasteiger partial charge in [0.1, 0.15) is 5.75 Å². The van der Waals surface area contributed by atoms with E-state index in [0.29, 0.717) is 12.3 Å². The van der Waals surface area contributed by atoms with Gasteiger partial charge in [0.25, 0.3) is 0 Å². The second-order valence-corrected chi connectivity index (χ2v) is 7.25. The molecule has 0 radical (unpaired) electrons. The molecule has 0 aliphatic carbocycles. The smallest absolute Gasteiger partial charge is 0.317 e. The maximum absolute atomic E-state index is 12.4. The number of benzene rings is 1. The second-order valence-electron chi connectivity index (χ2n) is 6.53. The van der Waals surface area contributed by atoms with Crippen LogP contribution in [0.1, 0.15) is 24.1 Å². The molecule has 25 heavy (non-hydrogen) atoms. The molecule has 2 heterocycles. The Kier molecular flexibility index (Phi) is 5.88. The minimum absolute atomic E-state index is 0.0581. The molecule has 7 heteroatoms. The number of likely N-dealkylation sites (tertiary alicyclic amines) is 1. The normalized spacial score (nSPS) is 18.0. The van der Waals surface area contributed by atoms with Gasteiger partial charge in [0, 0.05) is 31.6 Å². The zero-order valence-electron chi connectivity index (χ0n) is 14.4. The molecule has 0 saturated carbocycles. The Balaban J connectivity index is 1.50. The van der Waals surface area contributed by atoms with E-state index >= 15 is 0 Å². The second kappa shape index (κ2) is 8.31. The van der Waals surface area contributed by atoms with E-state index in [1.165, 1.54) is 11.3 Å². The number of amides is 2. The number of aromatic nitrogens is 1. The lowest BCUT2D eigenvalue weighted by Crippen LogP contribution is -2.50. The van der Waals surface area contributed by atoms with Gasteiger partial charge in [0.15, 0.2) is 0 Å². The maximum Gasteiger partial charge on any atom is 0.317 e. The number of rotatable bonds is 5. The number of thiazole rings is 1. The Hall–Kier alpha value is -2.12. The fourth-order valence-corrected chi connectivity index (χ4v) is 3.69. The molecule has 1 aromatic carbocycles. The molecule has 1 aliphatic rings. The first-order chi connectivity index (χ1) is 12.1. The van der Waals surface area contributed by atoms with Gasteiger partial charge in [0.2, 0.25) is 0 Å². The first-order valence-electron chi connectivity index (χ1n) is 8.49. The van der Waals surface area contributed by atoms with Gasteiger partial charge < -0.3 is 15.3 Å². The van der Waals surface area contributed by atoms with Gasteiger partial charge in [-0.3, -0.25) is 4.90 Å². The fourth-order valence-electron chi connectivity index (χ4n) is 3.15. The van der Waals surface area contributed by atoms with Gasteiger partial charge in [-0.15, -0.1) is 11.3 Å². The van der Waals surface area contributed by atoms with Crippen molar-refractivity contribution in [3.63, 3.8) is 0 Å². The molecule has 1 atom stereocenters. The summed E-state index contributed by atoms with van der Waals surface area (Å²) >= 11 is 1.54. The van der Waals surface area contributed by atoms with E-state index in [4.69, 9.17) is 0 Å². The number of piperidine rings is 1. The molecule has 2 amide bonds. The third kappa shape index (κ3) is 5.17. The first-order valence-corrected chi connectivity index (χ1v) is 9.43. The number of urea groups is 1. The summed E-state index contributed by atoms with van der Waals surface area (Å²) in [5, 5.41) is 14.7. The van der Waals surface area contributed by atoms with Crippen LogP contribution in [0.15, 0.2) is 35.2 Å². The van der Waals surface area contributed by atoms with Crippen molar-refractivity contribution < 1.29 is 9.90 Å². The zero-order valence-corrected chi connectivity index (χ0v) is 15.2. The van der Waals surface area contributed by atoms with E-state index in [-0.39, 0.29) is 12.1 Å². The third-order valence-corrected chi connectivity index (χ3v) is 5.01. The van der Waals surface area contributed by atoms with Crippen LogP contribution in [0.3, 0.4) is 0 Å². The highest BCUT2D eigenvalue weighted by Gasteiger charge is 2.23. The summed E-state index contributed by atoms with van der Waals surface area (Å²) in [6, 6.07) is 7.45. The van der Waals surface area contributed by atoms with Crippen LogP contribution in [0.2, 0.25) is 0 Å². The van der Waals surface area contributed by atoms with Gasteiger partial charge in [-0.25, -0.2) is 9.78 Å². The molecule has 1 unspecified atom stereocenters. The molecule has 3 rings (SSSR count). The van der Waals surface area contributed by atoms with Crippen molar-refractivity contribution in [1.29, 1.82) is 0 Å². The topological polar surface area (TPSA) is 68.7 Å². The average molecular weight is 360 g/mol. The SMILES string of the molecule is CN(Cc1cscn1)C(=O)NC1CCCN(Cc2cccc(O)c2)C1. The predicted molar refractivity (Wildman–Crippen MR) is 98.5 cm³/mol. The number of hydrogen-bond donors (Lipinski definition) is 2. The number of nitrogens with one attached hydrogen (secondary N) is 1. The van der Waals surface area contributed by atoms with Crippen molar-refractivity contribution in [2.75, 3.05) is 20.1 Å². The summed E-state index contributed by atoms with van der Waals surface area (Å²) in [7, 11) is 1.79. The van der Waals surface area contributed by atoms with Crippen LogP contribution in [0.4, 0.5) is 4.79 Å². The minimum atomic E-state index is -0.0581. The third-order valence-electron chi connectivity index (χ3n) is 4.38. The number of nitrogens with zero attached hydrogens (tertiary/aromatic N) is 3. The van der Waals surface area contributed by atoms with Crippen molar-refractivity contribution in [3.05, 3.63) is 46.4 Å². The highest BCUT2D eigenvalue weighted by Crippen LogP contribution is 2.17. The van der Waals surface area contributed by atoms with Crippen LogP contribution in [0.5, 0.6) is 5.75 Å². The van der Waals surface area contributed by atoms with Gasteiger partial charge >= 0.3 is 6.03 Å². The zero-order chi connectivity index (χ0) is 17.6. The van der Waals surface area contributed by atoms with E-state index in [2.05, 4.69) is 15.2 Å². The Morgan fingerprint density at radius 2 is 2.40 bits per heavy atom. The monoisotopic (exact) mass is 360 g/mol. The molecule has 0 bridgehead atoms. The van der Waals surface area contributed by atoms with Gasteiger partial charge in [0.05, 0.1) is 17.7 Å². The summed E-state index contributed by atoms with van der Waals surface area (Å²) in [5.74, 6) is 0.294. The van der Waals surface area contributed by atoms with Crippen LogP contribution >= 0.6 is 11.3 Å². The Morgan fingerprint density at radius 1 is 1.52 bits per heavy atom. The summed E-state index contributed by atoms with van der Waals surface area (Å²) in [4.78, 5) is 20.6. The Labute approximate surface area is 152 Å². The van der Waals surface area contributed by atoms with Crippen molar-refractivity contribution in [2.24, 2.45) is 0 Å². The average Bonchev–Trinajstić information content (AvgIpc) is 3.08. The largest absolute Gasteiger partial charge is 0.508 e. The van der Waals surface area contributed by atoms with Gasteiger partial charge in [-0.2, -0.15) is 0 Å². The summed E-state index contributed by atoms with van der Waals surface area (Å²) in [5.41, 5.74) is 3.78. The molecule has 1 aliphatic heterocycles. The quantitative estimate of drug-likeness (QED) is 0.860. The van der Waals surface area contributed by atoms with E-state index in [9.17, 15) is 9.90 Å². The molecule has 6 nitrogen and oxygen atoms in total. The number of hydrogen-bond acceptors (Lipinski definition) is 5. The lowest BCUT2D eigenvalue weighted by molar-refractivity contribution is 0.167. The molecule has 1 fully saturated rings. The molecule has 0 spiro atoms. The summed E-state index contributed by atoms with van der Waals surface area (Å²) in [6.45, 7) is 3.15. The van der Waals surface area contributed by atoms with Crippen LogP contribution < -0.4 is 5.32 Å². The van der Waals surface area contributed by atoms with Crippen LogP contribution in [-0.4, -0.2) is 52.1 Å². The molecule has 2 aromatic rings. The van der Waals surface area contributed by atoms with E-state index < -0.39 is 0 Å². The molecule has 1 saturated heterocycles. The Morgan fingerprint density at radius 3 is 3.16 bits per heavy atom. The number of carbonyl (C=O) groups excluding carboxylic acids is 1. The number of carbonyl (C=O) groups is 1. The number of phenolic OH excluding ortho intramolecular Hbond substituents is 1. The van der Waals surface area contributed by atoms with Crippen molar-refractivity contribution in [3.8, 4) is 5.75 Å².